The zero-order valence-electron chi connectivity index (χ0n) is 11.8. The molecule has 0 spiro atoms. The standard InChI is InChI=1S/C14H28N2O/c1-11-10-16(9-8-15(11)4)12-6-5-7-14(2,3)13(12)17/h11-13,17H,5-10H2,1-4H3. The maximum absolute atomic E-state index is 10.5. The van der Waals surface area contributed by atoms with E-state index in [0.717, 1.165) is 26.1 Å². The lowest BCUT2D eigenvalue weighted by atomic mass is 9.72. The molecule has 0 bridgehead atoms. The highest BCUT2D eigenvalue weighted by molar-refractivity contribution is 4.95. The zero-order valence-corrected chi connectivity index (χ0v) is 11.8. The van der Waals surface area contributed by atoms with Gasteiger partial charge in [-0.25, -0.2) is 0 Å². The van der Waals surface area contributed by atoms with Crippen molar-refractivity contribution < 1.29 is 5.11 Å². The van der Waals surface area contributed by atoms with Crippen molar-refractivity contribution in [2.45, 2.75) is 58.2 Å². The van der Waals surface area contributed by atoms with Gasteiger partial charge in [-0.15, -0.1) is 0 Å². The molecule has 0 aromatic carbocycles. The van der Waals surface area contributed by atoms with Crippen molar-refractivity contribution in [2.75, 3.05) is 26.7 Å². The number of hydrogen-bond donors (Lipinski definition) is 1. The minimum atomic E-state index is -0.160. The van der Waals surface area contributed by atoms with Gasteiger partial charge in [0.05, 0.1) is 6.10 Å². The SMILES string of the molecule is CC1CN(C2CCCC(C)(C)C2O)CCN1C. The predicted octanol–water partition coefficient (Wildman–Crippen LogP) is 1.56. The summed E-state index contributed by atoms with van der Waals surface area (Å²) in [6, 6.07) is 0.996. The highest BCUT2D eigenvalue weighted by atomic mass is 16.3. The summed E-state index contributed by atoms with van der Waals surface area (Å²) in [5.74, 6) is 0. The van der Waals surface area contributed by atoms with Crippen molar-refractivity contribution >= 4 is 0 Å². The lowest BCUT2D eigenvalue weighted by molar-refractivity contribution is -0.0723. The van der Waals surface area contributed by atoms with E-state index in [1.165, 1.54) is 12.8 Å². The first-order valence-electron chi connectivity index (χ1n) is 7.04. The third-order valence-corrected chi connectivity index (χ3v) is 4.95. The molecule has 0 aromatic rings. The summed E-state index contributed by atoms with van der Waals surface area (Å²) in [6.07, 6.45) is 3.43. The van der Waals surface area contributed by atoms with Crippen LogP contribution in [0.4, 0.5) is 0 Å². The number of nitrogens with zero attached hydrogens (tertiary/aromatic N) is 2. The second-order valence-corrected chi connectivity index (χ2v) is 6.72. The molecule has 2 rings (SSSR count). The molecule has 3 nitrogen and oxygen atoms in total. The first kappa shape index (κ1) is 13.3. The average molecular weight is 240 g/mol. The third kappa shape index (κ3) is 2.67. The Kier molecular flexibility index (Phi) is 3.81. The van der Waals surface area contributed by atoms with E-state index in [0.29, 0.717) is 12.1 Å². The van der Waals surface area contributed by atoms with Gasteiger partial charge in [0, 0.05) is 31.7 Å². The summed E-state index contributed by atoms with van der Waals surface area (Å²) in [6.45, 7) is 10.1. The van der Waals surface area contributed by atoms with Gasteiger partial charge in [0.25, 0.3) is 0 Å². The summed E-state index contributed by atoms with van der Waals surface area (Å²) in [5, 5.41) is 10.5. The Bertz CT molecular complexity index is 267. The molecule has 1 aliphatic heterocycles. The number of aliphatic hydroxyl groups excluding tert-OH is 1. The average Bonchev–Trinajstić information content (AvgIpc) is 2.26. The summed E-state index contributed by atoms with van der Waals surface area (Å²) >= 11 is 0. The predicted molar refractivity (Wildman–Crippen MR) is 71.1 cm³/mol. The van der Waals surface area contributed by atoms with Gasteiger partial charge in [-0.1, -0.05) is 20.3 Å². The van der Waals surface area contributed by atoms with Crippen LogP contribution >= 0.6 is 0 Å². The highest BCUT2D eigenvalue weighted by Crippen LogP contribution is 2.38. The van der Waals surface area contributed by atoms with E-state index >= 15 is 0 Å². The molecule has 100 valence electrons. The molecule has 3 heteroatoms. The van der Waals surface area contributed by atoms with E-state index in [-0.39, 0.29) is 11.5 Å². The van der Waals surface area contributed by atoms with Crippen molar-refractivity contribution in [1.82, 2.24) is 9.80 Å². The molecule has 3 atom stereocenters. The molecule has 1 saturated carbocycles. The first-order valence-corrected chi connectivity index (χ1v) is 7.04. The summed E-state index contributed by atoms with van der Waals surface area (Å²) in [4.78, 5) is 4.94. The van der Waals surface area contributed by atoms with Crippen molar-refractivity contribution in [1.29, 1.82) is 0 Å². The van der Waals surface area contributed by atoms with Gasteiger partial charge in [0.1, 0.15) is 0 Å². The number of piperazine rings is 1. The van der Waals surface area contributed by atoms with Gasteiger partial charge < -0.3 is 10.0 Å². The van der Waals surface area contributed by atoms with Crippen LogP contribution in [0.25, 0.3) is 0 Å². The molecule has 3 unspecified atom stereocenters. The first-order chi connectivity index (χ1) is 7.92. The van der Waals surface area contributed by atoms with Gasteiger partial charge in [0.2, 0.25) is 0 Å². The second-order valence-electron chi connectivity index (χ2n) is 6.72. The van der Waals surface area contributed by atoms with Crippen LogP contribution in [0.15, 0.2) is 0 Å². The van der Waals surface area contributed by atoms with Crippen molar-refractivity contribution in [3.05, 3.63) is 0 Å². The largest absolute Gasteiger partial charge is 0.391 e. The zero-order chi connectivity index (χ0) is 12.6. The monoisotopic (exact) mass is 240 g/mol. The molecule has 0 aromatic heterocycles. The van der Waals surface area contributed by atoms with Crippen molar-refractivity contribution in [3.8, 4) is 0 Å². The van der Waals surface area contributed by atoms with Crippen LogP contribution in [0.5, 0.6) is 0 Å². The minimum absolute atomic E-state index is 0.0928. The molecule has 1 heterocycles. The minimum Gasteiger partial charge on any atom is -0.391 e. The van der Waals surface area contributed by atoms with E-state index in [1.807, 2.05) is 0 Å². The summed E-state index contributed by atoms with van der Waals surface area (Å²) in [7, 11) is 2.20. The maximum Gasteiger partial charge on any atom is 0.0746 e. The Labute approximate surface area is 106 Å². The van der Waals surface area contributed by atoms with Crippen LogP contribution < -0.4 is 0 Å². The van der Waals surface area contributed by atoms with Gasteiger partial charge in [0.15, 0.2) is 0 Å². The Hall–Kier alpha value is -0.120. The topological polar surface area (TPSA) is 26.7 Å². The third-order valence-electron chi connectivity index (χ3n) is 4.95. The molecule has 0 amide bonds. The summed E-state index contributed by atoms with van der Waals surface area (Å²) < 4.78 is 0. The molecule has 1 saturated heterocycles. The molecule has 1 N–H and O–H groups in total. The fourth-order valence-corrected chi connectivity index (χ4v) is 3.35. The highest BCUT2D eigenvalue weighted by Gasteiger charge is 2.41. The van der Waals surface area contributed by atoms with Gasteiger partial charge >= 0.3 is 0 Å². The molecular weight excluding hydrogens is 212 g/mol. The van der Waals surface area contributed by atoms with Gasteiger partial charge in [-0.2, -0.15) is 0 Å². The molecule has 17 heavy (non-hydrogen) atoms. The second kappa shape index (κ2) is 4.87. The Morgan fingerprint density at radius 3 is 2.59 bits per heavy atom. The quantitative estimate of drug-likeness (QED) is 0.753. The normalized spacial score (nSPS) is 40.4. The number of aliphatic hydroxyl groups is 1. The van der Waals surface area contributed by atoms with Crippen LogP contribution in [0.1, 0.15) is 40.0 Å². The molecule has 2 aliphatic rings. The van der Waals surface area contributed by atoms with Crippen LogP contribution in [-0.4, -0.2) is 59.8 Å². The summed E-state index contributed by atoms with van der Waals surface area (Å²) in [5.41, 5.74) is 0.0928. The number of hydrogen-bond acceptors (Lipinski definition) is 3. The molecule has 0 radical (unpaired) electrons. The molecule has 1 aliphatic carbocycles. The lowest BCUT2D eigenvalue weighted by Crippen LogP contribution is -2.59. The fourth-order valence-electron chi connectivity index (χ4n) is 3.35. The number of likely N-dealkylation sites (N-methyl/N-ethyl adjacent to an activating group) is 1. The van der Waals surface area contributed by atoms with Crippen LogP contribution in [0.2, 0.25) is 0 Å². The smallest absolute Gasteiger partial charge is 0.0746 e. The van der Waals surface area contributed by atoms with E-state index in [4.69, 9.17) is 0 Å². The van der Waals surface area contributed by atoms with Crippen molar-refractivity contribution in [3.63, 3.8) is 0 Å². The van der Waals surface area contributed by atoms with E-state index in [9.17, 15) is 5.11 Å². The number of rotatable bonds is 1. The lowest BCUT2D eigenvalue weighted by Gasteiger charge is -2.49. The fraction of sp³-hybridized carbons (Fsp3) is 1.00. The van der Waals surface area contributed by atoms with Gasteiger partial charge in [-0.3, -0.25) is 4.90 Å². The van der Waals surface area contributed by atoms with Crippen molar-refractivity contribution in [2.24, 2.45) is 5.41 Å². The Balaban J connectivity index is 2.02. The maximum atomic E-state index is 10.5. The van der Waals surface area contributed by atoms with Crippen LogP contribution in [0.3, 0.4) is 0 Å². The van der Waals surface area contributed by atoms with Crippen LogP contribution in [-0.2, 0) is 0 Å². The van der Waals surface area contributed by atoms with E-state index in [2.05, 4.69) is 37.6 Å². The van der Waals surface area contributed by atoms with E-state index in [1.54, 1.807) is 0 Å². The Morgan fingerprint density at radius 1 is 1.24 bits per heavy atom. The van der Waals surface area contributed by atoms with E-state index < -0.39 is 0 Å². The molecule has 2 fully saturated rings. The Morgan fingerprint density at radius 2 is 1.94 bits per heavy atom. The van der Waals surface area contributed by atoms with Gasteiger partial charge in [-0.05, 0) is 32.2 Å². The van der Waals surface area contributed by atoms with Crippen LogP contribution in [0, 0.1) is 5.41 Å². The molecular formula is C14H28N2O.